The molecule has 0 saturated heterocycles. The van der Waals surface area contributed by atoms with E-state index in [0.717, 1.165) is 5.56 Å². The van der Waals surface area contributed by atoms with Gasteiger partial charge < -0.3 is 16.4 Å². The van der Waals surface area contributed by atoms with Crippen molar-refractivity contribution in [1.82, 2.24) is 10.6 Å². The third-order valence-electron chi connectivity index (χ3n) is 2.20. The van der Waals surface area contributed by atoms with Gasteiger partial charge in [0.05, 0.1) is 5.84 Å². The summed E-state index contributed by atoms with van der Waals surface area (Å²) in [7, 11) is 0. The molecule has 0 unspecified atom stereocenters. The molecule has 0 atom stereocenters. The average molecular weight is 234 g/mol. The van der Waals surface area contributed by atoms with E-state index in [2.05, 4.69) is 10.6 Å². The van der Waals surface area contributed by atoms with Crippen molar-refractivity contribution < 1.29 is 4.79 Å². The van der Waals surface area contributed by atoms with Crippen LogP contribution in [0.25, 0.3) is 0 Å². The molecule has 1 rings (SSSR count). The summed E-state index contributed by atoms with van der Waals surface area (Å²) in [5, 5.41) is 12.5. The van der Waals surface area contributed by atoms with Crippen LogP contribution >= 0.6 is 0 Å². The van der Waals surface area contributed by atoms with Gasteiger partial charge in [0, 0.05) is 19.5 Å². The average Bonchev–Trinajstić information content (AvgIpc) is 2.33. The Morgan fingerprint density at radius 1 is 1.24 bits per heavy atom. The van der Waals surface area contributed by atoms with Gasteiger partial charge in [-0.05, 0) is 12.0 Å². The minimum absolute atomic E-state index is 0.150. The Bertz CT molecular complexity index is 364. The van der Waals surface area contributed by atoms with Gasteiger partial charge in [0.2, 0.25) is 0 Å². The molecule has 5 heteroatoms. The molecule has 0 aromatic heterocycles. The predicted octanol–water partition coefficient (Wildman–Crippen LogP) is 1.20. The number of amidine groups is 1. The number of hydrogen-bond acceptors (Lipinski definition) is 2. The molecule has 5 nitrogen and oxygen atoms in total. The molecule has 1 aromatic carbocycles. The van der Waals surface area contributed by atoms with Crippen LogP contribution in [0.2, 0.25) is 0 Å². The first-order valence-corrected chi connectivity index (χ1v) is 5.57. The summed E-state index contributed by atoms with van der Waals surface area (Å²) in [5.74, 6) is 0.150. The first-order valence-electron chi connectivity index (χ1n) is 5.57. The van der Waals surface area contributed by atoms with Gasteiger partial charge in [0.1, 0.15) is 0 Å². The van der Waals surface area contributed by atoms with E-state index >= 15 is 0 Å². The minimum Gasteiger partial charge on any atom is -0.388 e. The molecule has 0 spiro atoms. The van der Waals surface area contributed by atoms with Gasteiger partial charge >= 0.3 is 6.03 Å². The number of rotatable bonds is 6. The number of urea groups is 1. The Kier molecular flexibility index (Phi) is 5.57. The number of nitrogens with two attached hydrogens (primary N) is 1. The zero-order chi connectivity index (χ0) is 12.5. The highest BCUT2D eigenvalue weighted by atomic mass is 16.2. The van der Waals surface area contributed by atoms with Crippen molar-refractivity contribution in [2.24, 2.45) is 5.73 Å². The number of carbonyl (C=O) groups is 1. The first kappa shape index (κ1) is 13.0. The maximum atomic E-state index is 11.4. The van der Waals surface area contributed by atoms with E-state index < -0.39 is 0 Å². The smallest absolute Gasteiger partial charge is 0.315 e. The van der Waals surface area contributed by atoms with Gasteiger partial charge in [-0.15, -0.1) is 0 Å². The number of hydrogen-bond donors (Lipinski definition) is 4. The van der Waals surface area contributed by atoms with Crippen molar-refractivity contribution in [3.05, 3.63) is 35.9 Å². The van der Waals surface area contributed by atoms with Crippen LogP contribution in [0.1, 0.15) is 18.4 Å². The Labute approximate surface area is 101 Å². The number of amides is 2. The molecule has 0 bridgehead atoms. The zero-order valence-electron chi connectivity index (χ0n) is 9.70. The summed E-state index contributed by atoms with van der Waals surface area (Å²) in [6.45, 7) is 1.04. The van der Waals surface area contributed by atoms with E-state index in [-0.39, 0.29) is 11.9 Å². The summed E-state index contributed by atoms with van der Waals surface area (Å²) in [6, 6.07) is 9.51. The van der Waals surface area contributed by atoms with Gasteiger partial charge in [-0.1, -0.05) is 30.3 Å². The van der Waals surface area contributed by atoms with E-state index in [9.17, 15) is 4.79 Å². The normalized spacial score (nSPS) is 9.65. The molecular formula is C12H18N4O. The van der Waals surface area contributed by atoms with E-state index in [4.69, 9.17) is 11.1 Å². The molecule has 0 fully saturated rings. The highest BCUT2D eigenvalue weighted by Gasteiger charge is 1.99. The second-order valence-electron chi connectivity index (χ2n) is 3.72. The quantitative estimate of drug-likeness (QED) is 0.338. The largest absolute Gasteiger partial charge is 0.388 e. The highest BCUT2D eigenvalue weighted by molar-refractivity contribution is 5.77. The van der Waals surface area contributed by atoms with Crippen LogP contribution in [0.3, 0.4) is 0 Å². The molecule has 0 heterocycles. The summed E-state index contributed by atoms with van der Waals surface area (Å²) in [5.41, 5.74) is 6.26. The standard InChI is InChI=1S/C12H18N4O/c13-11(14)7-4-8-15-12(17)16-9-10-5-2-1-3-6-10/h1-3,5-6H,4,7-9H2,(H3,13,14)(H2,15,16,17). The number of nitrogens with one attached hydrogen (secondary N) is 3. The zero-order valence-corrected chi connectivity index (χ0v) is 9.70. The van der Waals surface area contributed by atoms with Crippen molar-refractivity contribution in [2.75, 3.05) is 6.54 Å². The molecule has 0 aliphatic rings. The molecule has 1 aromatic rings. The van der Waals surface area contributed by atoms with Crippen molar-refractivity contribution in [3.63, 3.8) is 0 Å². The number of benzene rings is 1. The lowest BCUT2D eigenvalue weighted by molar-refractivity contribution is 0.240. The van der Waals surface area contributed by atoms with Crippen LogP contribution in [-0.4, -0.2) is 18.4 Å². The highest BCUT2D eigenvalue weighted by Crippen LogP contribution is 1.96. The summed E-state index contributed by atoms with van der Waals surface area (Å²) < 4.78 is 0. The Hall–Kier alpha value is -2.04. The molecule has 5 N–H and O–H groups in total. The topological polar surface area (TPSA) is 91.0 Å². The maximum Gasteiger partial charge on any atom is 0.315 e. The van der Waals surface area contributed by atoms with E-state index in [1.165, 1.54) is 0 Å². The van der Waals surface area contributed by atoms with Gasteiger partial charge in [0.25, 0.3) is 0 Å². The predicted molar refractivity (Wildman–Crippen MR) is 67.8 cm³/mol. The van der Waals surface area contributed by atoms with Gasteiger partial charge in [-0.2, -0.15) is 0 Å². The first-order chi connectivity index (χ1) is 8.18. The third kappa shape index (κ3) is 6.19. The van der Waals surface area contributed by atoms with Gasteiger partial charge in [-0.3, -0.25) is 5.41 Å². The Morgan fingerprint density at radius 3 is 2.59 bits per heavy atom. The van der Waals surface area contributed by atoms with E-state index in [0.29, 0.717) is 25.9 Å². The van der Waals surface area contributed by atoms with Crippen LogP contribution in [0.15, 0.2) is 30.3 Å². The maximum absolute atomic E-state index is 11.4. The van der Waals surface area contributed by atoms with Crippen LogP contribution in [0.4, 0.5) is 4.79 Å². The molecular weight excluding hydrogens is 216 g/mol. The fourth-order valence-corrected chi connectivity index (χ4v) is 1.32. The van der Waals surface area contributed by atoms with Gasteiger partial charge in [-0.25, -0.2) is 4.79 Å². The minimum atomic E-state index is -0.197. The summed E-state index contributed by atoms with van der Waals surface area (Å²) >= 11 is 0. The van der Waals surface area contributed by atoms with Crippen LogP contribution in [-0.2, 0) is 6.54 Å². The lowest BCUT2D eigenvalue weighted by atomic mass is 10.2. The fraction of sp³-hybridized carbons (Fsp3) is 0.333. The van der Waals surface area contributed by atoms with Crippen LogP contribution in [0.5, 0.6) is 0 Å². The second-order valence-corrected chi connectivity index (χ2v) is 3.72. The van der Waals surface area contributed by atoms with Crippen LogP contribution < -0.4 is 16.4 Å². The van der Waals surface area contributed by atoms with Crippen molar-refractivity contribution in [3.8, 4) is 0 Å². The van der Waals surface area contributed by atoms with Crippen molar-refractivity contribution in [2.45, 2.75) is 19.4 Å². The Morgan fingerprint density at radius 2 is 1.94 bits per heavy atom. The fourth-order valence-electron chi connectivity index (χ4n) is 1.32. The van der Waals surface area contributed by atoms with Gasteiger partial charge in [0.15, 0.2) is 0 Å². The third-order valence-corrected chi connectivity index (χ3v) is 2.20. The van der Waals surface area contributed by atoms with E-state index in [1.54, 1.807) is 0 Å². The molecule has 0 saturated carbocycles. The van der Waals surface area contributed by atoms with Crippen molar-refractivity contribution in [1.29, 1.82) is 5.41 Å². The summed E-state index contributed by atoms with van der Waals surface area (Å²) in [4.78, 5) is 11.4. The summed E-state index contributed by atoms with van der Waals surface area (Å²) in [6.07, 6.45) is 1.20. The van der Waals surface area contributed by atoms with E-state index in [1.807, 2.05) is 30.3 Å². The molecule has 2 amide bonds. The lowest BCUT2D eigenvalue weighted by Crippen LogP contribution is -2.35. The van der Waals surface area contributed by atoms with Crippen LogP contribution in [0, 0.1) is 5.41 Å². The monoisotopic (exact) mass is 234 g/mol. The second kappa shape index (κ2) is 7.27. The molecule has 92 valence electrons. The van der Waals surface area contributed by atoms with Crippen molar-refractivity contribution >= 4 is 11.9 Å². The molecule has 0 aliphatic heterocycles. The Balaban J connectivity index is 2.11. The SMILES string of the molecule is N=C(N)CCCNC(=O)NCc1ccccc1. The number of carbonyl (C=O) groups excluding carboxylic acids is 1. The molecule has 0 radical (unpaired) electrons. The molecule has 17 heavy (non-hydrogen) atoms. The lowest BCUT2D eigenvalue weighted by Gasteiger charge is -2.07. The molecule has 0 aliphatic carbocycles.